The van der Waals surface area contributed by atoms with Crippen molar-refractivity contribution in [2.45, 2.75) is 24.3 Å². The maximum Gasteiger partial charge on any atom is 0.242 e. The minimum absolute atomic E-state index is 0.157. The van der Waals surface area contributed by atoms with E-state index >= 15 is 0 Å². The molecular formula is C26H26N4O2S. The van der Waals surface area contributed by atoms with Crippen LogP contribution in [-0.4, -0.2) is 27.8 Å². The van der Waals surface area contributed by atoms with Crippen LogP contribution in [0.1, 0.15) is 21.9 Å². The van der Waals surface area contributed by atoms with Crippen molar-refractivity contribution in [2.24, 2.45) is 7.05 Å². The fraction of sp³-hybridized carbons (Fsp3) is 0.192. The number of amides is 1. The Morgan fingerprint density at radius 3 is 2.45 bits per heavy atom. The van der Waals surface area contributed by atoms with Crippen LogP contribution in [0.5, 0.6) is 5.75 Å². The molecule has 1 N–H and O–H groups in total. The Labute approximate surface area is 198 Å². The summed E-state index contributed by atoms with van der Waals surface area (Å²) < 4.78 is 7.37. The van der Waals surface area contributed by atoms with Gasteiger partial charge < -0.3 is 14.6 Å². The summed E-state index contributed by atoms with van der Waals surface area (Å²) in [5.41, 5.74) is 4.69. The van der Waals surface area contributed by atoms with E-state index in [1.165, 1.54) is 11.8 Å². The molecule has 0 saturated carbocycles. The highest BCUT2D eigenvalue weighted by atomic mass is 32.2. The van der Waals surface area contributed by atoms with Crippen molar-refractivity contribution < 1.29 is 9.53 Å². The number of benzene rings is 3. The number of aryl methyl sites for hydroxylation is 2. The largest absolute Gasteiger partial charge is 0.495 e. The normalized spacial score (nSPS) is 11.8. The molecular weight excluding hydrogens is 432 g/mol. The van der Waals surface area contributed by atoms with E-state index in [4.69, 9.17) is 4.74 Å². The Morgan fingerprint density at radius 2 is 1.73 bits per heavy atom. The third-order valence-corrected chi connectivity index (χ3v) is 6.69. The van der Waals surface area contributed by atoms with Gasteiger partial charge in [-0.1, -0.05) is 72.4 Å². The molecule has 168 valence electrons. The van der Waals surface area contributed by atoms with Crippen molar-refractivity contribution in [3.05, 3.63) is 89.5 Å². The van der Waals surface area contributed by atoms with Crippen LogP contribution < -0.4 is 10.1 Å². The van der Waals surface area contributed by atoms with E-state index in [0.29, 0.717) is 16.6 Å². The Bertz CT molecular complexity index is 1270. The lowest BCUT2D eigenvalue weighted by Crippen LogP contribution is -2.20. The molecule has 0 aliphatic heterocycles. The SMILES string of the molecule is COc1ccc(C)cc1NC(=O)C(Sc1nnc(-c2ccccc2C)n1C)c1ccccc1. The molecule has 7 heteroatoms. The van der Waals surface area contributed by atoms with Gasteiger partial charge >= 0.3 is 0 Å². The maximum atomic E-state index is 13.5. The van der Waals surface area contributed by atoms with Crippen molar-refractivity contribution in [3.8, 4) is 17.1 Å². The molecule has 0 bridgehead atoms. The molecule has 0 radical (unpaired) electrons. The van der Waals surface area contributed by atoms with Crippen LogP contribution >= 0.6 is 11.8 Å². The van der Waals surface area contributed by atoms with Crippen LogP contribution in [0, 0.1) is 13.8 Å². The van der Waals surface area contributed by atoms with Gasteiger partial charge in [-0.2, -0.15) is 0 Å². The molecule has 1 atom stereocenters. The molecule has 1 aromatic heterocycles. The van der Waals surface area contributed by atoms with E-state index in [-0.39, 0.29) is 5.91 Å². The van der Waals surface area contributed by atoms with E-state index < -0.39 is 5.25 Å². The van der Waals surface area contributed by atoms with Crippen LogP contribution in [0.25, 0.3) is 11.4 Å². The molecule has 0 aliphatic carbocycles. The molecule has 6 nitrogen and oxygen atoms in total. The van der Waals surface area contributed by atoms with Crippen LogP contribution in [0.15, 0.2) is 78.0 Å². The van der Waals surface area contributed by atoms with Crippen molar-refractivity contribution in [1.29, 1.82) is 0 Å². The van der Waals surface area contributed by atoms with E-state index in [9.17, 15) is 4.79 Å². The van der Waals surface area contributed by atoms with Gasteiger partial charge in [-0.3, -0.25) is 4.79 Å². The summed E-state index contributed by atoms with van der Waals surface area (Å²) in [5.74, 6) is 1.23. The Balaban J connectivity index is 1.67. The van der Waals surface area contributed by atoms with Crippen LogP contribution in [0.2, 0.25) is 0 Å². The monoisotopic (exact) mass is 458 g/mol. The summed E-state index contributed by atoms with van der Waals surface area (Å²) >= 11 is 1.37. The number of nitrogens with zero attached hydrogens (tertiary/aromatic N) is 3. The minimum Gasteiger partial charge on any atom is -0.495 e. The van der Waals surface area contributed by atoms with Crippen molar-refractivity contribution in [2.75, 3.05) is 12.4 Å². The number of thioether (sulfide) groups is 1. The van der Waals surface area contributed by atoms with Gasteiger partial charge in [-0.05, 0) is 42.7 Å². The second-order valence-electron chi connectivity index (χ2n) is 7.78. The zero-order valence-corrected chi connectivity index (χ0v) is 19.9. The number of aromatic nitrogens is 3. The first-order valence-electron chi connectivity index (χ1n) is 10.6. The molecule has 1 heterocycles. The standard InChI is InChI=1S/C26H26N4O2S/c1-17-14-15-22(32-4)21(16-17)27-25(31)23(19-11-6-5-7-12-19)33-26-29-28-24(30(26)3)20-13-9-8-10-18(20)2/h5-16,23H,1-4H3,(H,27,31). The number of carbonyl (C=O) groups excluding carboxylic acids is 1. The Hall–Kier alpha value is -3.58. The predicted octanol–water partition coefficient (Wildman–Crippen LogP) is 5.58. The van der Waals surface area contributed by atoms with Crippen LogP contribution in [0.3, 0.4) is 0 Å². The fourth-order valence-electron chi connectivity index (χ4n) is 3.60. The molecule has 1 unspecified atom stereocenters. The third kappa shape index (κ3) is 4.93. The van der Waals surface area contributed by atoms with E-state index in [2.05, 4.69) is 15.5 Å². The van der Waals surface area contributed by atoms with Gasteiger partial charge in [0.1, 0.15) is 11.0 Å². The number of carbonyl (C=O) groups is 1. The zero-order chi connectivity index (χ0) is 23.4. The molecule has 0 fully saturated rings. The van der Waals surface area contributed by atoms with Gasteiger partial charge in [0.2, 0.25) is 5.91 Å². The van der Waals surface area contributed by atoms with Gasteiger partial charge in [0.05, 0.1) is 12.8 Å². The average Bonchev–Trinajstić information content (AvgIpc) is 3.18. The lowest BCUT2D eigenvalue weighted by atomic mass is 10.1. The first-order valence-corrected chi connectivity index (χ1v) is 11.5. The summed E-state index contributed by atoms with van der Waals surface area (Å²) in [6, 6.07) is 23.5. The molecule has 0 spiro atoms. The number of anilines is 1. The summed E-state index contributed by atoms with van der Waals surface area (Å²) in [4.78, 5) is 13.5. The highest BCUT2D eigenvalue weighted by molar-refractivity contribution is 8.00. The number of ether oxygens (including phenoxy) is 1. The summed E-state index contributed by atoms with van der Waals surface area (Å²) in [6.07, 6.45) is 0. The van der Waals surface area contributed by atoms with Crippen molar-refractivity contribution in [1.82, 2.24) is 14.8 Å². The molecule has 1 amide bonds. The number of hydrogen-bond donors (Lipinski definition) is 1. The average molecular weight is 459 g/mol. The van der Waals surface area contributed by atoms with Crippen molar-refractivity contribution >= 4 is 23.4 Å². The van der Waals surface area contributed by atoms with Crippen LogP contribution in [0.4, 0.5) is 5.69 Å². The van der Waals surface area contributed by atoms with E-state index in [0.717, 1.165) is 28.1 Å². The number of rotatable bonds is 7. The van der Waals surface area contributed by atoms with E-state index in [1.807, 2.05) is 98.3 Å². The molecule has 4 rings (SSSR count). The predicted molar refractivity (Wildman–Crippen MR) is 133 cm³/mol. The molecule has 4 aromatic rings. The van der Waals surface area contributed by atoms with Crippen LogP contribution in [-0.2, 0) is 11.8 Å². The quantitative estimate of drug-likeness (QED) is 0.366. The summed E-state index contributed by atoms with van der Waals surface area (Å²) in [7, 11) is 3.52. The molecule has 3 aromatic carbocycles. The highest BCUT2D eigenvalue weighted by Crippen LogP contribution is 2.37. The lowest BCUT2D eigenvalue weighted by molar-refractivity contribution is -0.115. The fourth-order valence-corrected chi connectivity index (χ4v) is 4.60. The number of hydrogen-bond acceptors (Lipinski definition) is 5. The van der Waals surface area contributed by atoms with Crippen molar-refractivity contribution in [3.63, 3.8) is 0 Å². The second kappa shape index (κ2) is 9.92. The topological polar surface area (TPSA) is 69.0 Å². The minimum atomic E-state index is -0.524. The van der Waals surface area contributed by atoms with Gasteiger partial charge in [0.15, 0.2) is 11.0 Å². The third-order valence-electron chi connectivity index (χ3n) is 5.40. The van der Waals surface area contributed by atoms with Gasteiger partial charge in [-0.25, -0.2) is 0 Å². The Kier molecular flexibility index (Phi) is 6.79. The van der Waals surface area contributed by atoms with Gasteiger partial charge in [0, 0.05) is 12.6 Å². The van der Waals surface area contributed by atoms with E-state index in [1.54, 1.807) is 7.11 Å². The smallest absolute Gasteiger partial charge is 0.242 e. The molecule has 33 heavy (non-hydrogen) atoms. The first-order chi connectivity index (χ1) is 16.0. The van der Waals surface area contributed by atoms with Gasteiger partial charge in [0.25, 0.3) is 0 Å². The highest BCUT2D eigenvalue weighted by Gasteiger charge is 2.26. The molecule has 0 saturated heterocycles. The molecule has 0 aliphatic rings. The number of methoxy groups -OCH3 is 1. The maximum absolute atomic E-state index is 13.5. The Morgan fingerprint density at radius 1 is 1.00 bits per heavy atom. The van der Waals surface area contributed by atoms with Gasteiger partial charge in [-0.15, -0.1) is 10.2 Å². The summed E-state index contributed by atoms with van der Waals surface area (Å²) in [5, 5.41) is 12.0. The summed E-state index contributed by atoms with van der Waals surface area (Å²) in [6.45, 7) is 4.03. The second-order valence-corrected chi connectivity index (χ2v) is 8.85. The zero-order valence-electron chi connectivity index (χ0n) is 19.1. The lowest BCUT2D eigenvalue weighted by Gasteiger charge is -2.18. The number of nitrogens with one attached hydrogen (secondary N) is 1. The first kappa shape index (κ1) is 22.6.